The Morgan fingerprint density at radius 2 is 1.72 bits per heavy atom. The summed E-state index contributed by atoms with van der Waals surface area (Å²) in [5.74, 6) is 0. The summed E-state index contributed by atoms with van der Waals surface area (Å²) in [5, 5.41) is 6.12. The fraction of sp³-hybridized carbons (Fsp3) is 0.0667. The zero-order valence-corrected chi connectivity index (χ0v) is 9.73. The molecule has 0 spiro atoms. The topological polar surface area (TPSA) is 32.7 Å². The number of hydrazone groups is 1. The van der Waals surface area contributed by atoms with Crippen LogP contribution in [0.1, 0.15) is 17.2 Å². The summed E-state index contributed by atoms with van der Waals surface area (Å²) in [5.41, 5.74) is 2.91. The third-order valence-electron chi connectivity index (χ3n) is 3.05. The highest BCUT2D eigenvalue weighted by atomic mass is 16.1. The molecule has 1 aliphatic rings. The minimum Gasteiger partial charge on any atom is -0.301 e. The minimum absolute atomic E-state index is 0.353. The second kappa shape index (κ2) is 4.45. The van der Waals surface area contributed by atoms with Gasteiger partial charge in [-0.3, -0.25) is 5.01 Å². The summed E-state index contributed by atoms with van der Waals surface area (Å²) < 4.78 is 0. The maximum absolute atomic E-state index is 11.4. The molecule has 18 heavy (non-hydrogen) atoms. The molecule has 0 N–H and O–H groups in total. The molecule has 3 rings (SSSR count). The Morgan fingerprint density at radius 3 is 2.50 bits per heavy atom. The molecular weight excluding hydrogens is 224 g/mol. The van der Waals surface area contributed by atoms with Crippen LogP contribution in [0.4, 0.5) is 5.69 Å². The lowest BCUT2D eigenvalue weighted by Gasteiger charge is -2.29. The van der Waals surface area contributed by atoms with Gasteiger partial charge in [-0.25, -0.2) is 0 Å². The summed E-state index contributed by atoms with van der Waals surface area (Å²) in [6.07, 6.45) is 2.73. The Labute approximate surface area is 105 Å². The van der Waals surface area contributed by atoms with Crippen molar-refractivity contribution in [2.75, 3.05) is 5.01 Å². The van der Waals surface area contributed by atoms with E-state index in [0.717, 1.165) is 23.1 Å². The zero-order chi connectivity index (χ0) is 12.4. The van der Waals surface area contributed by atoms with Crippen LogP contribution in [0.2, 0.25) is 0 Å². The number of rotatable bonds is 2. The second-order valence-corrected chi connectivity index (χ2v) is 4.13. The summed E-state index contributed by atoms with van der Waals surface area (Å²) >= 11 is 0. The van der Waals surface area contributed by atoms with Crippen molar-refractivity contribution in [2.24, 2.45) is 5.10 Å². The van der Waals surface area contributed by atoms with Gasteiger partial charge in [-0.05, 0) is 17.7 Å². The van der Waals surface area contributed by atoms with E-state index in [1.54, 1.807) is 11.2 Å². The van der Waals surface area contributed by atoms with Crippen molar-refractivity contribution in [3.8, 4) is 0 Å². The summed E-state index contributed by atoms with van der Waals surface area (Å²) in [6, 6.07) is 17.2. The predicted molar refractivity (Wildman–Crippen MR) is 71.8 cm³/mol. The molecule has 88 valence electrons. The van der Waals surface area contributed by atoms with E-state index in [9.17, 15) is 4.79 Å². The molecule has 0 aromatic heterocycles. The quantitative estimate of drug-likeness (QED) is 0.751. The minimum atomic E-state index is -0.353. The molecule has 0 saturated heterocycles. The van der Waals surface area contributed by atoms with Crippen molar-refractivity contribution in [2.45, 2.75) is 6.04 Å². The smallest absolute Gasteiger partial charge is 0.149 e. The number of nitrogens with zero attached hydrogens (tertiary/aromatic N) is 2. The molecule has 1 atom stereocenters. The normalized spacial score (nSPS) is 17.3. The average Bonchev–Trinajstić information content (AvgIpc) is 2.47. The summed E-state index contributed by atoms with van der Waals surface area (Å²) in [4.78, 5) is 11.4. The SMILES string of the molecule is O=CC1c2ccccc2C=NN1c1ccccc1. The second-order valence-electron chi connectivity index (χ2n) is 4.13. The van der Waals surface area contributed by atoms with E-state index in [-0.39, 0.29) is 6.04 Å². The highest BCUT2D eigenvalue weighted by Gasteiger charge is 2.24. The molecule has 1 aliphatic heterocycles. The van der Waals surface area contributed by atoms with Gasteiger partial charge in [-0.15, -0.1) is 0 Å². The Bertz CT molecular complexity index is 592. The first-order valence-corrected chi connectivity index (χ1v) is 5.82. The van der Waals surface area contributed by atoms with Crippen LogP contribution in [0.3, 0.4) is 0 Å². The van der Waals surface area contributed by atoms with E-state index in [2.05, 4.69) is 5.10 Å². The van der Waals surface area contributed by atoms with Gasteiger partial charge in [0.05, 0.1) is 11.9 Å². The summed E-state index contributed by atoms with van der Waals surface area (Å²) in [7, 11) is 0. The number of carbonyl (C=O) groups excluding carboxylic acids is 1. The molecule has 2 aromatic carbocycles. The largest absolute Gasteiger partial charge is 0.301 e. The van der Waals surface area contributed by atoms with Gasteiger partial charge in [0, 0.05) is 5.56 Å². The molecule has 0 aliphatic carbocycles. The van der Waals surface area contributed by atoms with E-state index in [4.69, 9.17) is 0 Å². The van der Waals surface area contributed by atoms with E-state index >= 15 is 0 Å². The summed E-state index contributed by atoms with van der Waals surface area (Å²) in [6.45, 7) is 0. The van der Waals surface area contributed by atoms with Gasteiger partial charge in [0.2, 0.25) is 0 Å². The fourth-order valence-corrected chi connectivity index (χ4v) is 2.16. The third kappa shape index (κ3) is 1.70. The number of hydrogen-bond acceptors (Lipinski definition) is 3. The van der Waals surface area contributed by atoms with Crippen LogP contribution in [0.15, 0.2) is 59.7 Å². The van der Waals surface area contributed by atoms with Crippen LogP contribution in [-0.4, -0.2) is 12.5 Å². The van der Waals surface area contributed by atoms with Crippen LogP contribution >= 0.6 is 0 Å². The van der Waals surface area contributed by atoms with Crippen LogP contribution in [0, 0.1) is 0 Å². The molecule has 0 fully saturated rings. The Kier molecular flexibility index (Phi) is 2.65. The molecule has 1 heterocycles. The fourth-order valence-electron chi connectivity index (χ4n) is 2.16. The average molecular weight is 236 g/mol. The molecule has 0 amide bonds. The first kappa shape index (κ1) is 10.7. The monoisotopic (exact) mass is 236 g/mol. The molecule has 3 heteroatoms. The number of para-hydroxylation sites is 1. The van der Waals surface area contributed by atoms with Gasteiger partial charge < -0.3 is 4.79 Å². The molecule has 0 saturated carbocycles. The van der Waals surface area contributed by atoms with E-state index < -0.39 is 0 Å². The molecule has 0 radical (unpaired) electrons. The lowest BCUT2D eigenvalue weighted by Crippen LogP contribution is -2.28. The molecule has 2 aromatic rings. The van der Waals surface area contributed by atoms with Gasteiger partial charge in [0.1, 0.15) is 12.3 Å². The number of aldehydes is 1. The molecule has 3 nitrogen and oxygen atoms in total. The van der Waals surface area contributed by atoms with Crippen LogP contribution in [-0.2, 0) is 4.79 Å². The highest BCUT2D eigenvalue weighted by molar-refractivity contribution is 5.88. The van der Waals surface area contributed by atoms with Crippen molar-refractivity contribution >= 4 is 18.2 Å². The zero-order valence-electron chi connectivity index (χ0n) is 9.73. The van der Waals surface area contributed by atoms with Crippen molar-refractivity contribution in [1.29, 1.82) is 0 Å². The standard InChI is InChI=1S/C15H12N2O/c18-11-15-14-9-5-4-6-12(14)10-16-17(15)13-7-2-1-3-8-13/h1-11,15H. The van der Waals surface area contributed by atoms with Crippen molar-refractivity contribution in [1.82, 2.24) is 0 Å². The Morgan fingerprint density at radius 1 is 1.00 bits per heavy atom. The van der Waals surface area contributed by atoms with E-state index in [1.807, 2.05) is 54.6 Å². The number of fused-ring (bicyclic) bond motifs is 1. The van der Waals surface area contributed by atoms with Crippen LogP contribution < -0.4 is 5.01 Å². The van der Waals surface area contributed by atoms with Gasteiger partial charge in [-0.2, -0.15) is 5.10 Å². The molecule has 1 unspecified atom stereocenters. The van der Waals surface area contributed by atoms with E-state index in [0.29, 0.717) is 0 Å². The Balaban J connectivity index is 2.08. The van der Waals surface area contributed by atoms with E-state index in [1.165, 1.54) is 0 Å². The van der Waals surface area contributed by atoms with Crippen LogP contribution in [0.5, 0.6) is 0 Å². The van der Waals surface area contributed by atoms with Gasteiger partial charge in [0.15, 0.2) is 0 Å². The third-order valence-corrected chi connectivity index (χ3v) is 3.05. The predicted octanol–water partition coefficient (Wildman–Crippen LogP) is 2.78. The first-order chi connectivity index (χ1) is 8.90. The lowest BCUT2D eigenvalue weighted by atomic mass is 10.00. The maximum atomic E-state index is 11.4. The maximum Gasteiger partial charge on any atom is 0.149 e. The number of anilines is 1. The highest BCUT2D eigenvalue weighted by Crippen LogP contribution is 2.30. The van der Waals surface area contributed by atoms with Gasteiger partial charge >= 0.3 is 0 Å². The van der Waals surface area contributed by atoms with Gasteiger partial charge in [0.25, 0.3) is 0 Å². The Hall–Kier alpha value is -2.42. The molecule has 0 bridgehead atoms. The van der Waals surface area contributed by atoms with Crippen molar-refractivity contribution in [3.05, 3.63) is 65.7 Å². The number of carbonyl (C=O) groups is 1. The van der Waals surface area contributed by atoms with Crippen molar-refractivity contribution in [3.63, 3.8) is 0 Å². The van der Waals surface area contributed by atoms with Crippen LogP contribution in [0.25, 0.3) is 0 Å². The lowest BCUT2D eigenvalue weighted by molar-refractivity contribution is -0.109. The van der Waals surface area contributed by atoms with Gasteiger partial charge in [-0.1, -0.05) is 42.5 Å². The number of hydrogen-bond donors (Lipinski definition) is 0. The first-order valence-electron chi connectivity index (χ1n) is 5.82. The number of benzene rings is 2. The molecular formula is C15H12N2O. The van der Waals surface area contributed by atoms with Crippen molar-refractivity contribution < 1.29 is 4.79 Å².